The van der Waals surface area contributed by atoms with Crippen LogP contribution in [0.3, 0.4) is 0 Å². The number of anilines is 2. The number of hydrogen-bond donors (Lipinski definition) is 2. The van der Waals surface area contributed by atoms with Crippen molar-refractivity contribution in [1.82, 2.24) is 4.90 Å². The van der Waals surface area contributed by atoms with Crippen LogP contribution in [-0.2, 0) is 14.3 Å². The highest BCUT2D eigenvalue weighted by Gasteiger charge is 2.41. The number of ether oxygens (including phenoxy) is 2. The van der Waals surface area contributed by atoms with Crippen LogP contribution >= 0.6 is 11.6 Å². The van der Waals surface area contributed by atoms with Crippen LogP contribution in [0.1, 0.15) is 12.5 Å². The van der Waals surface area contributed by atoms with E-state index in [1.807, 2.05) is 4.90 Å². The number of methoxy groups -OCH3 is 1. The molecule has 34 heavy (non-hydrogen) atoms. The first-order valence-electron chi connectivity index (χ1n) is 11.1. The molecule has 2 saturated heterocycles. The molecule has 2 N–H and O–H groups in total. The van der Waals surface area contributed by atoms with Gasteiger partial charge in [0.15, 0.2) is 0 Å². The summed E-state index contributed by atoms with van der Waals surface area (Å²) in [6.45, 7) is 3.58. The predicted octanol–water partition coefficient (Wildman–Crippen LogP) is 4.04. The molecule has 2 aromatic rings. The molecule has 2 aromatic carbocycles. The lowest BCUT2D eigenvalue weighted by molar-refractivity contribution is -0.133. The number of carbonyl (C=O) groups is 2. The SMILES string of the molecule is COc1cc(/C=C/C(=O)N2CC3COCC(C2)C3Nc2ccc(F)cc2)c(NC(C)=O)cc1Cl. The zero-order valence-corrected chi connectivity index (χ0v) is 19.8. The van der Waals surface area contributed by atoms with E-state index in [2.05, 4.69) is 10.6 Å². The van der Waals surface area contributed by atoms with E-state index in [9.17, 15) is 14.0 Å². The van der Waals surface area contributed by atoms with Gasteiger partial charge in [0.2, 0.25) is 11.8 Å². The summed E-state index contributed by atoms with van der Waals surface area (Å²) in [5, 5.41) is 6.59. The van der Waals surface area contributed by atoms with Crippen LogP contribution in [0.15, 0.2) is 42.5 Å². The van der Waals surface area contributed by atoms with Crippen LogP contribution in [0.2, 0.25) is 5.02 Å². The van der Waals surface area contributed by atoms with E-state index in [0.29, 0.717) is 48.3 Å². The van der Waals surface area contributed by atoms with E-state index < -0.39 is 0 Å². The van der Waals surface area contributed by atoms with Gasteiger partial charge in [-0.1, -0.05) is 11.6 Å². The molecule has 4 rings (SSSR count). The molecule has 0 saturated carbocycles. The number of halogens is 2. The Hall–Kier alpha value is -3.10. The van der Waals surface area contributed by atoms with Crippen molar-refractivity contribution in [2.24, 2.45) is 11.8 Å². The second-order valence-electron chi connectivity index (χ2n) is 8.57. The van der Waals surface area contributed by atoms with Crippen LogP contribution in [0, 0.1) is 17.7 Å². The molecule has 2 heterocycles. The highest BCUT2D eigenvalue weighted by atomic mass is 35.5. The fourth-order valence-electron chi connectivity index (χ4n) is 4.52. The van der Waals surface area contributed by atoms with Crippen molar-refractivity contribution in [3.05, 3.63) is 58.9 Å². The first-order chi connectivity index (χ1) is 16.3. The van der Waals surface area contributed by atoms with E-state index in [1.54, 1.807) is 30.3 Å². The molecule has 9 heteroatoms. The monoisotopic (exact) mass is 487 g/mol. The van der Waals surface area contributed by atoms with Gasteiger partial charge in [-0.2, -0.15) is 0 Å². The first kappa shape index (κ1) is 24.0. The standard InChI is InChI=1S/C25H27ClFN3O4/c1-15(31)28-22-10-21(26)23(33-2)9-16(22)3-8-24(32)30-11-17-13-34-14-18(12-30)25(17)29-20-6-4-19(27)5-7-20/h3-10,17-18,25,29H,11-14H2,1-2H3,(H,28,31)/b8-3+. The van der Waals surface area contributed by atoms with Crippen LogP contribution in [-0.4, -0.2) is 56.2 Å². The molecule has 2 atom stereocenters. The van der Waals surface area contributed by atoms with Crippen LogP contribution in [0.5, 0.6) is 5.75 Å². The quantitative estimate of drug-likeness (QED) is 0.601. The maximum atomic E-state index is 13.2. The van der Waals surface area contributed by atoms with E-state index >= 15 is 0 Å². The Morgan fingerprint density at radius 2 is 1.85 bits per heavy atom. The van der Waals surface area contributed by atoms with Crippen molar-refractivity contribution in [3.63, 3.8) is 0 Å². The predicted molar refractivity (Wildman–Crippen MR) is 130 cm³/mol. The fourth-order valence-corrected chi connectivity index (χ4v) is 4.76. The van der Waals surface area contributed by atoms with Gasteiger partial charge in [-0.05, 0) is 42.5 Å². The Kier molecular flexibility index (Phi) is 7.38. The average molecular weight is 488 g/mol. The largest absolute Gasteiger partial charge is 0.495 e. The second-order valence-corrected chi connectivity index (χ2v) is 8.97. The van der Waals surface area contributed by atoms with Crippen molar-refractivity contribution < 1.29 is 23.5 Å². The molecule has 2 aliphatic heterocycles. The third-order valence-corrected chi connectivity index (χ3v) is 6.41. The summed E-state index contributed by atoms with van der Waals surface area (Å²) in [7, 11) is 1.50. The molecule has 7 nitrogen and oxygen atoms in total. The Morgan fingerprint density at radius 3 is 2.47 bits per heavy atom. The number of nitrogens with one attached hydrogen (secondary N) is 2. The van der Waals surface area contributed by atoms with Gasteiger partial charge < -0.3 is 25.0 Å². The molecule has 2 amide bonds. The Labute approximate surface area is 202 Å². The molecule has 2 unspecified atom stereocenters. The molecule has 2 bridgehead atoms. The summed E-state index contributed by atoms with van der Waals surface area (Å²) in [5.74, 6) is 0.0232. The van der Waals surface area contributed by atoms with Gasteiger partial charge in [-0.15, -0.1) is 0 Å². The number of hydrogen-bond acceptors (Lipinski definition) is 5. The van der Waals surface area contributed by atoms with Crippen LogP contribution in [0.4, 0.5) is 15.8 Å². The summed E-state index contributed by atoms with van der Waals surface area (Å²) in [5.41, 5.74) is 1.96. The normalized spacial score (nSPS) is 21.9. The zero-order chi connectivity index (χ0) is 24.2. The van der Waals surface area contributed by atoms with Gasteiger partial charge in [0, 0.05) is 60.9 Å². The van der Waals surface area contributed by atoms with Gasteiger partial charge in [0.05, 0.1) is 25.3 Å². The summed E-state index contributed by atoms with van der Waals surface area (Å²) in [4.78, 5) is 26.5. The van der Waals surface area contributed by atoms with Crippen LogP contribution in [0.25, 0.3) is 6.08 Å². The van der Waals surface area contributed by atoms with Gasteiger partial charge in [-0.25, -0.2) is 4.39 Å². The summed E-state index contributed by atoms with van der Waals surface area (Å²) in [6, 6.07) is 9.72. The molecule has 0 radical (unpaired) electrons. The van der Waals surface area contributed by atoms with E-state index in [-0.39, 0.29) is 35.5 Å². The highest BCUT2D eigenvalue weighted by molar-refractivity contribution is 6.32. The number of rotatable bonds is 6. The van der Waals surface area contributed by atoms with Gasteiger partial charge >= 0.3 is 0 Å². The topological polar surface area (TPSA) is 79.9 Å². The lowest BCUT2D eigenvalue weighted by Gasteiger charge is -2.47. The maximum Gasteiger partial charge on any atom is 0.246 e. The molecular formula is C25H27ClFN3O4. The molecule has 0 spiro atoms. The van der Waals surface area contributed by atoms with Crippen molar-refractivity contribution in [1.29, 1.82) is 0 Å². The summed E-state index contributed by atoms with van der Waals surface area (Å²) >= 11 is 6.19. The Balaban J connectivity index is 1.47. The number of benzene rings is 2. The third-order valence-electron chi connectivity index (χ3n) is 6.12. The van der Waals surface area contributed by atoms with Crippen LogP contribution < -0.4 is 15.4 Å². The summed E-state index contributed by atoms with van der Waals surface area (Å²) < 4.78 is 24.3. The molecule has 2 fully saturated rings. The summed E-state index contributed by atoms with van der Waals surface area (Å²) in [6.07, 6.45) is 3.15. The average Bonchev–Trinajstić information content (AvgIpc) is 2.79. The molecule has 2 aliphatic rings. The second kappa shape index (κ2) is 10.4. The van der Waals surface area contributed by atoms with Gasteiger partial charge in [0.1, 0.15) is 11.6 Å². The van der Waals surface area contributed by atoms with Crippen molar-refractivity contribution >= 4 is 40.9 Å². The van der Waals surface area contributed by atoms with E-state index in [0.717, 1.165) is 5.69 Å². The lowest BCUT2D eigenvalue weighted by Crippen LogP contribution is -2.59. The number of piperidine rings is 1. The number of nitrogens with zero attached hydrogens (tertiary/aromatic N) is 1. The van der Waals surface area contributed by atoms with Crippen molar-refractivity contribution in [3.8, 4) is 5.75 Å². The van der Waals surface area contributed by atoms with Gasteiger partial charge in [0.25, 0.3) is 0 Å². The van der Waals surface area contributed by atoms with E-state index in [4.69, 9.17) is 21.1 Å². The molecular weight excluding hydrogens is 461 g/mol. The Morgan fingerprint density at radius 1 is 1.18 bits per heavy atom. The minimum atomic E-state index is -0.277. The lowest BCUT2D eigenvalue weighted by atomic mass is 9.82. The van der Waals surface area contributed by atoms with Crippen molar-refractivity contribution in [2.45, 2.75) is 13.0 Å². The Bertz CT molecular complexity index is 1080. The molecule has 180 valence electrons. The minimum Gasteiger partial charge on any atom is -0.495 e. The van der Waals surface area contributed by atoms with E-state index in [1.165, 1.54) is 32.2 Å². The first-order valence-corrected chi connectivity index (χ1v) is 11.4. The third kappa shape index (κ3) is 5.51. The number of amides is 2. The van der Waals surface area contributed by atoms with Crippen molar-refractivity contribution in [2.75, 3.05) is 44.0 Å². The highest BCUT2D eigenvalue weighted by Crippen LogP contribution is 2.33. The smallest absolute Gasteiger partial charge is 0.246 e. The maximum absolute atomic E-state index is 13.2. The zero-order valence-electron chi connectivity index (χ0n) is 19.0. The fraction of sp³-hybridized carbons (Fsp3) is 0.360. The van der Waals surface area contributed by atoms with Gasteiger partial charge in [-0.3, -0.25) is 9.59 Å². The molecule has 0 aliphatic carbocycles. The number of carbonyl (C=O) groups excluding carboxylic acids is 2. The minimum absolute atomic E-state index is 0.112. The number of likely N-dealkylation sites (tertiary alicyclic amines) is 1. The number of fused-ring (bicyclic) bond motifs is 2. The molecule has 0 aromatic heterocycles.